The molecule has 8 heteroatoms. The van der Waals surface area contributed by atoms with Crippen molar-refractivity contribution in [1.29, 1.82) is 0 Å². The molecule has 0 saturated heterocycles. The molecule has 0 spiro atoms. The Labute approximate surface area is 145 Å². The number of rotatable bonds is 4. The summed E-state index contributed by atoms with van der Waals surface area (Å²) in [5.41, 5.74) is 6.42. The van der Waals surface area contributed by atoms with Gasteiger partial charge in [0, 0.05) is 14.5 Å². The van der Waals surface area contributed by atoms with Gasteiger partial charge in [-0.25, -0.2) is 8.42 Å². The molecule has 2 rings (SSSR count). The van der Waals surface area contributed by atoms with E-state index in [9.17, 15) is 8.42 Å². The average Bonchev–Trinajstić information content (AvgIpc) is 2.38. The second-order valence-corrected chi connectivity index (χ2v) is 8.07. The van der Waals surface area contributed by atoms with Gasteiger partial charge >= 0.3 is 0 Å². The van der Waals surface area contributed by atoms with Crippen LogP contribution in [0, 0.1) is 0 Å². The SMILES string of the molecule is NC(=S)c1ccc(Br)cc1NS(=O)(=O)c1ccc(Br)cc1. The van der Waals surface area contributed by atoms with E-state index in [0.29, 0.717) is 11.3 Å². The predicted molar refractivity (Wildman–Crippen MR) is 95.0 cm³/mol. The summed E-state index contributed by atoms with van der Waals surface area (Å²) in [6, 6.07) is 11.3. The summed E-state index contributed by atoms with van der Waals surface area (Å²) < 4.78 is 28.8. The zero-order chi connectivity index (χ0) is 15.6. The Morgan fingerprint density at radius 2 is 1.62 bits per heavy atom. The highest BCUT2D eigenvalue weighted by Crippen LogP contribution is 2.25. The van der Waals surface area contributed by atoms with Crippen LogP contribution in [0.2, 0.25) is 0 Å². The summed E-state index contributed by atoms with van der Waals surface area (Å²) in [4.78, 5) is 0.274. The maximum Gasteiger partial charge on any atom is 0.261 e. The molecular formula is C13H10Br2N2O2S2. The van der Waals surface area contributed by atoms with Crippen molar-refractivity contribution < 1.29 is 8.42 Å². The van der Waals surface area contributed by atoms with Crippen molar-refractivity contribution in [2.45, 2.75) is 4.90 Å². The fourth-order valence-corrected chi connectivity index (χ4v) is 3.51. The van der Waals surface area contributed by atoms with Crippen molar-refractivity contribution in [1.82, 2.24) is 0 Å². The van der Waals surface area contributed by atoms with Crippen LogP contribution in [0.25, 0.3) is 0 Å². The number of nitrogens with one attached hydrogen (secondary N) is 1. The lowest BCUT2D eigenvalue weighted by Gasteiger charge is -2.12. The first-order chi connectivity index (χ1) is 9.79. The maximum absolute atomic E-state index is 12.4. The first-order valence-corrected chi connectivity index (χ1v) is 9.15. The Bertz CT molecular complexity index is 790. The van der Waals surface area contributed by atoms with E-state index in [4.69, 9.17) is 18.0 Å². The van der Waals surface area contributed by atoms with Gasteiger partial charge < -0.3 is 5.73 Å². The van der Waals surface area contributed by atoms with Gasteiger partial charge in [0.25, 0.3) is 10.0 Å². The second-order valence-electron chi connectivity index (χ2n) is 4.11. The molecular weight excluding hydrogens is 440 g/mol. The van der Waals surface area contributed by atoms with E-state index in [2.05, 4.69) is 36.6 Å². The molecule has 4 nitrogen and oxygen atoms in total. The summed E-state index contributed by atoms with van der Waals surface area (Å²) >= 11 is 11.5. The Balaban J connectivity index is 2.43. The van der Waals surface area contributed by atoms with Crippen LogP contribution in [-0.4, -0.2) is 13.4 Å². The molecule has 0 aliphatic rings. The van der Waals surface area contributed by atoms with Crippen molar-refractivity contribution in [3.05, 3.63) is 57.0 Å². The van der Waals surface area contributed by atoms with Gasteiger partial charge in [-0.1, -0.05) is 44.1 Å². The van der Waals surface area contributed by atoms with Crippen LogP contribution in [0.5, 0.6) is 0 Å². The number of nitrogens with two attached hydrogens (primary N) is 1. The lowest BCUT2D eigenvalue weighted by molar-refractivity contribution is 0.601. The van der Waals surface area contributed by atoms with Crippen molar-refractivity contribution in [2.75, 3.05) is 4.72 Å². The molecule has 0 aliphatic carbocycles. The van der Waals surface area contributed by atoms with E-state index in [-0.39, 0.29) is 9.88 Å². The molecule has 2 aromatic carbocycles. The normalized spacial score (nSPS) is 11.1. The van der Waals surface area contributed by atoms with E-state index < -0.39 is 10.0 Å². The van der Waals surface area contributed by atoms with Gasteiger partial charge in [0.2, 0.25) is 0 Å². The zero-order valence-corrected chi connectivity index (χ0v) is 15.3. The molecule has 0 bridgehead atoms. The summed E-state index contributed by atoms with van der Waals surface area (Å²) in [6.45, 7) is 0. The van der Waals surface area contributed by atoms with Crippen molar-refractivity contribution in [3.8, 4) is 0 Å². The standard InChI is InChI=1S/C13H10Br2N2O2S2/c14-8-1-4-10(5-2-8)21(18,19)17-12-7-9(15)3-6-11(12)13(16)20/h1-7,17H,(H2,16,20). The number of anilines is 1. The Morgan fingerprint density at radius 1 is 1.05 bits per heavy atom. The number of halogens is 2. The van der Waals surface area contributed by atoms with Gasteiger partial charge in [0.1, 0.15) is 4.99 Å². The highest BCUT2D eigenvalue weighted by atomic mass is 79.9. The summed E-state index contributed by atoms with van der Waals surface area (Å²) in [5, 5.41) is 0. The second kappa shape index (κ2) is 6.43. The minimum atomic E-state index is -3.71. The molecule has 0 fully saturated rings. The Kier molecular flexibility index (Phi) is 5.03. The number of sulfonamides is 1. The molecule has 3 N–H and O–H groups in total. The molecule has 0 unspecified atom stereocenters. The molecule has 21 heavy (non-hydrogen) atoms. The number of thiocarbonyl (C=S) groups is 1. The maximum atomic E-state index is 12.4. The summed E-state index contributed by atoms with van der Waals surface area (Å²) in [7, 11) is -3.71. The van der Waals surface area contributed by atoms with Crippen LogP contribution < -0.4 is 10.5 Å². The average molecular weight is 450 g/mol. The third-order valence-corrected chi connectivity index (χ3v) is 5.24. The molecule has 110 valence electrons. The molecule has 0 amide bonds. The number of hydrogen-bond acceptors (Lipinski definition) is 3. The van der Waals surface area contributed by atoms with E-state index in [0.717, 1.165) is 8.95 Å². The first-order valence-electron chi connectivity index (χ1n) is 5.67. The van der Waals surface area contributed by atoms with Crippen LogP contribution in [-0.2, 0) is 10.0 Å². The van der Waals surface area contributed by atoms with Gasteiger partial charge in [-0.15, -0.1) is 0 Å². The first kappa shape index (κ1) is 16.4. The predicted octanol–water partition coefficient (Wildman–Crippen LogP) is 3.65. The number of benzene rings is 2. The monoisotopic (exact) mass is 448 g/mol. The van der Waals surface area contributed by atoms with Gasteiger partial charge in [-0.2, -0.15) is 0 Å². The van der Waals surface area contributed by atoms with Crippen LogP contribution in [0.15, 0.2) is 56.3 Å². The highest BCUT2D eigenvalue weighted by molar-refractivity contribution is 9.10. The Hall–Kier alpha value is -0.960. The van der Waals surface area contributed by atoms with Gasteiger partial charge in [-0.3, -0.25) is 4.72 Å². The minimum Gasteiger partial charge on any atom is -0.389 e. The van der Waals surface area contributed by atoms with Crippen molar-refractivity contribution in [3.63, 3.8) is 0 Å². The lowest BCUT2D eigenvalue weighted by Crippen LogP contribution is -2.18. The quantitative estimate of drug-likeness (QED) is 0.698. The van der Waals surface area contributed by atoms with E-state index in [1.807, 2.05) is 0 Å². The molecule has 0 aromatic heterocycles. The lowest BCUT2D eigenvalue weighted by atomic mass is 10.2. The van der Waals surface area contributed by atoms with Gasteiger partial charge in [0.15, 0.2) is 0 Å². The van der Waals surface area contributed by atoms with Crippen LogP contribution >= 0.6 is 44.1 Å². The summed E-state index contributed by atoms with van der Waals surface area (Å²) in [6.07, 6.45) is 0. The van der Waals surface area contributed by atoms with E-state index in [1.54, 1.807) is 30.3 Å². The molecule has 0 atom stereocenters. The molecule has 0 saturated carbocycles. The fourth-order valence-electron chi connectivity index (χ4n) is 1.63. The van der Waals surface area contributed by atoms with Crippen LogP contribution in [0.3, 0.4) is 0 Å². The largest absolute Gasteiger partial charge is 0.389 e. The molecule has 0 radical (unpaired) electrons. The number of hydrogen-bond donors (Lipinski definition) is 2. The van der Waals surface area contributed by atoms with Crippen LogP contribution in [0.4, 0.5) is 5.69 Å². The molecule has 0 aliphatic heterocycles. The zero-order valence-electron chi connectivity index (χ0n) is 10.5. The van der Waals surface area contributed by atoms with E-state index >= 15 is 0 Å². The van der Waals surface area contributed by atoms with Crippen LogP contribution in [0.1, 0.15) is 5.56 Å². The van der Waals surface area contributed by atoms with E-state index in [1.165, 1.54) is 12.1 Å². The minimum absolute atomic E-state index is 0.121. The summed E-state index contributed by atoms with van der Waals surface area (Å²) in [5.74, 6) is 0. The van der Waals surface area contributed by atoms with Gasteiger partial charge in [0.05, 0.1) is 10.6 Å². The highest BCUT2D eigenvalue weighted by Gasteiger charge is 2.17. The van der Waals surface area contributed by atoms with Crippen molar-refractivity contribution in [2.24, 2.45) is 5.73 Å². The molecule has 0 heterocycles. The van der Waals surface area contributed by atoms with Gasteiger partial charge in [-0.05, 0) is 42.5 Å². The Morgan fingerprint density at radius 3 is 2.19 bits per heavy atom. The fraction of sp³-hybridized carbons (Fsp3) is 0. The van der Waals surface area contributed by atoms with Crippen molar-refractivity contribution >= 4 is 64.8 Å². The third kappa shape index (κ3) is 4.03. The topological polar surface area (TPSA) is 72.2 Å². The smallest absolute Gasteiger partial charge is 0.261 e. The third-order valence-electron chi connectivity index (χ3n) is 2.62. The molecule has 2 aromatic rings.